The molecule has 1 aliphatic heterocycles. The molecule has 4 atom stereocenters. The van der Waals surface area contributed by atoms with Crippen LogP contribution < -0.4 is 4.74 Å². The predicted molar refractivity (Wildman–Crippen MR) is 142 cm³/mol. The summed E-state index contributed by atoms with van der Waals surface area (Å²) in [7, 11) is 1.61. The molecule has 1 N–H and O–H groups in total. The third-order valence-electron chi connectivity index (χ3n) is 9.65. The van der Waals surface area contributed by atoms with Gasteiger partial charge in [-0.05, 0) is 60.6 Å². The lowest BCUT2D eigenvalue weighted by molar-refractivity contribution is -0.157. The van der Waals surface area contributed by atoms with Crippen molar-refractivity contribution < 1.29 is 19.4 Å². The fourth-order valence-corrected chi connectivity index (χ4v) is 7.79. The van der Waals surface area contributed by atoms with Crippen LogP contribution in [0.15, 0.2) is 66.7 Å². The molecule has 2 bridgehead atoms. The molecule has 0 aromatic heterocycles. The number of methoxy groups -OCH3 is 1. The minimum Gasteiger partial charge on any atom is -0.496 e. The van der Waals surface area contributed by atoms with Crippen molar-refractivity contribution in [3.8, 4) is 5.75 Å². The second kappa shape index (κ2) is 8.47. The number of aryl methyl sites for hydroxylation is 2. The number of carboxylic acids is 1. The SMILES string of the molecule is COc1ccccc1CC(=O)N1C[C@H]2[C@]3(c4ccc(C)c(C)c4)CC[C@@H](c4ccccc43)[C@@]2(C(=O)O)C1. The lowest BCUT2D eigenvalue weighted by Crippen LogP contribution is -2.60. The van der Waals surface area contributed by atoms with Crippen LogP contribution in [0, 0.1) is 25.2 Å². The van der Waals surface area contributed by atoms with Crippen molar-refractivity contribution in [2.24, 2.45) is 11.3 Å². The van der Waals surface area contributed by atoms with Gasteiger partial charge in [0, 0.05) is 35.9 Å². The Morgan fingerprint density at radius 3 is 2.54 bits per heavy atom. The molecule has 0 spiro atoms. The number of ether oxygens (including phenoxy) is 1. The number of carbonyl (C=O) groups is 2. The molecule has 7 rings (SSSR count). The van der Waals surface area contributed by atoms with Crippen LogP contribution in [0.5, 0.6) is 5.75 Å². The Bertz CT molecular complexity index is 1410. The quantitative estimate of drug-likeness (QED) is 0.524. The molecule has 0 unspecified atom stereocenters. The Labute approximate surface area is 218 Å². The Kier molecular flexibility index (Phi) is 5.45. The standard InChI is InChI=1S/C32H33NO4/c1-20-12-13-23(16-21(20)2)31-15-14-26(24-9-5-6-10-25(24)31)32(30(35)36)19-33(18-28(31)32)29(34)17-22-8-4-7-11-27(22)37-3/h4-13,16,26,28H,14-15,17-19H2,1-3H3,(H,35,36)/t26-,28-,31-,32-/m0/s1. The maximum atomic E-state index is 13.7. The Morgan fingerprint density at radius 2 is 1.78 bits per heavy atom. The van der Waals surface area contributed by atoms with E-state index in [-0.39, 0.29) is 30.7 Å². The van der Waals surface area contributed by atoms with Crippen LogP contribution in [0.2, 0.25) is 0 Å². The number of rotatable bonds is 5. The van der Waals surface area contributed by atoms with E-state index in [1.807, 2.05) is 35.2 Å². The van der Waals surface area contributed by atoms with Crippen molar-refractivity contribution >= 4 is 11.9 Å². The topological polar surface area (TPSA) is 66.8 Å². The Balaban J connectivity index is 1.48. The Morgan fingerprint density at radius 1 is 1.03 bits per heavy atom. The van der Waals surface area contributed by atoms with E-state index < -0.39 is 16.8 Å². The fourth-order valence-electron chi connectivity index (χ4n) is 7.79. The van der Waals surface area contributed by atoms with Gasteiger partial charge in [-0.25, -0.2) is 0 Å². The highest BCUT2D eigenvalue weighted by Gasteiger charge is 2.70. The summed E-state index contributed by atoms with van der Waals surface area (Å²) in [6.07, 6.45) is 1.90. The first kappa shape index (κ1) is 23.8. The van der Waals surface area contributed by atoms with Crippen LogP contribution in [0.1, 0.15) is 52.1 Å². The number of amides is 1. The number of carboxylic acid groups (broad SMARTS) is 1. The second-order valence-electron chi connectivity index (χ2n) is 11.1. The van der Waals surface area contributed by atoms with Gasteiger partial charge in [-0.2, -0.15) is 0 Å². The van der Waals surface area contributed by atoms with E-state index in [0.717, 1.165) is 24.0 Å². The molecule has 0 radical (unpaired) electrons. The highest BCUT2D eigenvalue weighted by Crippen LogP contribution is 2.69. The Hall–Kier alpha value is -3.60. The molecule has 1 saturated carbocycles. The van der Waals surface area contributed by atoms with Crippen molar-refractivity contribution in [3.63, 3.8) is 0 Å². The van der Waals surface area contributed by atoms with E-state index in [4.69, 9.17) is 4.74 Å². The minimum atomic E-state index is -1.01. The summed E-state index contributed by atoms with van der Waals surface area (Å²) < 4.78 is 5.48. The highest BCUT2D eigenvalue weighted by atomic mass is 16.5. The number of benzene rings is 3. The van der Waals surface area contributed by atoms with Crippen molar-refractivity contribution in [1.82, 2.24) is 4.90 Å². The lowest BCUT2D eigenvalue weighted by atomic mass is 9.42. The number of carbonyl (C=O) groups excluding carboxylic acids is 1. The molecule has 3 aliphatic carbocycles. The van der Waals surface area contributed by atoms with Crippen LogP contribution in [0.3, 0.4) is 0 Å². The number of hydrogen-bond acceptors (Lipinski definition) is 3. The van der Waals surface area contributed by atoms with Crippen molar-refractivity contribution in [3.05, 3.63) is 100 Å². The highest BCUT2D eigenvalue weighted by molar-refractivity contribution is 5.85. The van der Waals surface area contributed by atoms with Crippen LogP contribution in [-0.2, 0) is 21.4 Å². The molecular weight excluding hydrogens is 462 g/mol. The van der Waals surface area contributed by atoms with Crippen LogP contribution in [0.25, 0.3) is 0 Å². The monoisotopic (exact) mass is 495 g/mol. The molecule has 5 nitrogen and oxygen atoms in total. The molecular formula is C32H33NO4. The van der Waals surface area contributed by atoms with Crippen molar-refractivity contribution in [1.29, 1.82) is 0 Å². The summed E-state index contributed by atoms with van der Waals surface area (Å²) in [6.45, 7) is 4.92. The number of hydrogen-bond donors (Lipinski definition) is 1. The summed E-state index contributed by atoms with van der Waals surface area (Å²) in [5, 5.41) is 10.9. The van der Waals surface area contributed by atoms with E-state index in [9.17, 15) is 14.7 Å². The van der Waals surface area contributed by atoms with Crippen LogP contribution >= 0.6 is 0 Å². The fraction of sp³-hybridized carbons (Fsp3) is 0.375. The van der Waals surface area contributed by atoms with Gasteiger partial charge < -0.3 is 14.7 Å². The van der Waals surface area contributed by atoms with E-state index in [0.29, 0.717) is 12.3 Å². The predicted octanol–water partition coefficient (Wildman–Crippen LogP) is 5.26. The van der Waals surface area contributed by atoms with Crippen LogP contribution in [-0.4, -0.2) is 42.1 Å². The summed E-state index contributed by atoms with van der Waals surface area (Å²) in [6, 6.07) is 22.6. The first-order valence-electron chi connectivity index (χ1n) is 13.1. The van der Waals surface area contributed by atoms with E-state index >= 15 is 0 Å². The first-order valence-corrected chi connectivity index (χ1v) is 13.1. The van der Waals surface area contributed by atoms with E-state index in [1.165, 1.54) is 22.3 Å². The average molecular weight is 496 g/mol. The average Bonchev–Trinajstić information content (AvgIpc) is 3.35. The summed E-state index contributed by atoms with van der Waals surface area (Å²) in [5.74, 6) is -0.450. The maximum absolute atomic E-state index is 13.7. The lowest BCUT2D eigenvalue weighted by Gasteiger charge is -2.59. The normalized spacial score (nSPS) is 27.5. The summed E-state index contributed by atoms with van der Waals surface area (Å²) in [5.41, 5.74) is 5.37. The molecule has 4 aliphatic rings. The molecule has 3 aromatic rings. The van der Waals surface area contributed by atoms with Gasteiger partial charge in [-0.3, -0.25) is 9.59 Å². The largest absolute Gasteiger partial charge is 0.496 e. The second-order valence-corrected chi connectivity index (χ2v) is 11.1. The van der Waals surface area contributed by atoms with Gasteiger partial charge in [-0.1, -0.05) is 60.7 Å². The van der Waals surface area contributed by atoms with Crippen LogP contribution in [0.4, 0.5) is 0 Å². The molecule has 2 fully saturated rings. The molecule has 1 saturated heterocycles. The van der Waals surface area contributed by atoms with Crippen molar-refractivity contribution in [2.75, 3.05) is 20.2 Å². The number of fused-ring (bicyclic) bond motifs is 1. The molecule has 1 amide bonds. The van der Waals surface area contributed by atoms with Gasteiger partial charge in [0.2, 0.25) is 5.91 Å². The number of aliphatic carboxylic acids is 1. The number of para-hydroxylation sites is 1. The zero-order valence-electron chi connectivity index (χ0n) is 21.7. The van der Waals surface area contributed by atoms with Gasteiger partial charge in [0.05, 0.1) is 18.9 Å². The van der Waals surface area contributed by atoms with E-state index in [2.05, 4.69) is 50.2 Å². The van der Waals surface area contributed by atoms with E-state index in [1.54, 1.807) is 7.11 Å². The third-order valence-corrected chi connectivity index (χ3v) is 9.65. The zero-order chi connectivity index (χ0) is 25.9. The summed E-state index contributed by atoms with van der Waals surface area (Å²) >= 11 is 0. The van der Waals surface area contributed by atoms with Crippen molar-refractivity contribution in [2.45, 2.75) is 44.4 Å². The van der Waals surface area contributed by atoms with Gasteiger partial charge in [0.15, 0.2) is 0 Å². The number of nitrogens with zero attached hydrogens (tertiary/aromatic N) is 1. The molecule has 37 heavy (non-hydrogen) atoms. The minimum absolute atomic E-state index is 0.0433. The molecule has 5 heteroatoms. The van der Waals surface area contributed by atoms with Gasteiger partial charge in [0.1, 0.15) is 5.75 Å². The molecule has 1 heterocycles. The number of likely N-dealkylation sites (tertiary alicyclic amines) is 1. The third kappa shape index (κ3) is 3.22. The zero-order valence-corrected chi connectivity index (χ0v) is 21.7. The van der Waals surface area contributed by atoms with Gasteiger partial charge in [0.25, 0.3) is 0 Å². The van der Waals surface area contributed by atoms with Gasteiger partial charge >= 0.3 is 5.97 Å². The first-order chi connectivity index (χ1) is 17.8. The smallest absolute Gasteiger partial charge is 0.312 e. The maximum Gasteiger partial charge on any atom is 0.312 e. The van der Waals surface area contributed by atoms with Gasteiger partial charge in [-0.15, -0.1) is 0 Å². The molecule has 3 aromatic carbocycles. The molecule has 190 valence electrons. The summed E-state index contributed by atoms with van der Waals surface area (Å²) in [4.78, 5) is 28.9.